The van der Waals surface area contributed by atoms with Gasteiger partial charge in [0.2, 0.25) is 11.8 Å². The van der Waals surface area contributed by atoms with Crippen LogP contribution in [-0.4, -0.2) is 48.1 Å². The van der Waals surface area contributed by atoms with E-state index in [4.69, 9.17) is 0 Å². The van der Waals surface area contributed by atoms with Gasteiger partial charge in [-0.1, -0.05) is 12.1 Å². The number of carbonyl (C=O) groups is 2. The maximum absolute atomic E-state index is 12.7. The predicted molar refractivity (Wildman–Crippen MR) is 96.8 cm³/mol. The minimum Gasteiger partial charge on any atom is -0.348 e. The SMILES string of the molecule is C[C@H](NC(=O)[C@@H]1CS[C@]2(C)CCC(=O)N12)c1ccc(S(C)(=O)=O)cc1. The molecule has 0 aromatic heterocycles. The highest BCUT2D eigenvalue weighted by molar-refractivity contribution is 8.01. The number of fused-ring (bicyclic) bond motifs is 1. The third kappa shape index (κ3) is 3.42. The lowest BCUT2D eigenvalue weighted by atomic mass is 10.1. The number of carbonyl (C=O) groups excluding carboxylic acids is 2. The highest BCUT2D eigenvalue weighted by Crippen LogP contribution is 2.47. The minimum atomic E-state index is -3.24. The van der Waals surface area contributed by atoms with Crippen LogP contribution in [0, 0.1) is 0 Å². The first kappa shape index (κ1) is 18.3. The Kier molecular flexibility index (Phi) is 4.61. The largest absolute Gasteiger partial charge is 0.348 e. The molecule has 2 heterocycles. The van der Waals surface area contributed by atoms with E-state index in [1.807, 2.05) is 13.8 Å². The Bertz CT molecular complexity index is 806. The Morgan fingerprint density at radius 1 is 1.36 bits per heavy atom. The van der Waals surface area contributed by atoms with E-state index in [9.17, 15) is 18.0 Å². The number of sulfone groups is 1. The van der Waals surface area contributed by atoms with E-state index in [0.29, 0.717) is 12.2 Å². The van der Waals surface area contributed by atoms with Gasteiger partial charge in [0.1, 0.15) is 6.04 Å². The van der Waals surface area contributed by atoms with E-state index in [0.717, 1.165) is 18.2 Å². The Hall–Kier alpha value is -1.54. The third-order valence-corrected chi connectivity index (χ3v) is 7.55. The van der Waals surface area contributed by atoms with E-state index in [1.165, 1.54) is 0 Å². The second-order valence-electron chi connectivity index (χ2n) is 6.84. The number of benzene rings is 1. The maximum atomic E-state index is 12.7. The van der Waals surface area contributed by atoms with Crippen molar-refractivity contribution in [1.82, 2.24) is 10.2 Å². The molecule has 0 aliphatic carbocycles. The van der Waals surface area contributed by atoms with Gasteiger partial charge in [0, 0.05) is 18.4 Å². The summed E-state index contributed by atoms with van der Waals surface area (Å²) in [5.41, 5.74) is 0.821. The summed E-state index contributed by atoms with van der Waals surface area (Å²) in [4.78, 5) is 26.5. The molecule has 3 atom stereocenters. The van der Waals surface area contributed by atoms with Crippen molar-refractivity contribution < 1.29 is 18.0 Å². The fourth-order valence-electron chi connectivity index (χ4n) is 3.41. The van der Waals surface area contributed by atoms with Crippen LogP contribution in [0.1, 0.15) is 38.3 Å². The molecule has 1 N–H and O–H groups in total. The summed E-state index contributed by atoms with van der Waals surface area (Å²) in [5, 5.41) is 2.95. The first-order chi connectivity index (χ1) is 11.6. The van der Waals surface area contributed by atoms with Crippen molar-refractivity contribution in [2.75, 3.05) is 12.0 Å². The maximum Gasteiger partial charge on any atom is 0.244 e. The molecule has 2 fully saturated rings. The number of hydrogen-bond acceptors (Lipinski definition) is 5. The summed E-state index contributed by atoms with van der Waals surface area (Å²) < 4.78 is 23.0. The zero-order valence-corrected chi connectivity index (χ0v) is 16.1. The van der Waals surface area contributed by atoms with Crippen LogP contribution in [0.15, 0.2) is 29.2 Å². The summed E-state index contributed by atoms with van der Waals surface area (Å²) >= 11 is 1.66. The van der Waals surface area contributed by atoms with Crippen molar-refractivity contribution in [1.29, 1.82) is 0 Å². The molecule has 6 nitrogen and oxygen atoms in total. The Labute approximate surface area is 152 Å². The fourth-order valence-corrected chi connectivity index (χ4v) is 5.47. The zero-order valence-electron chi connectivity index (χ0n) is 14.5. The van der Waals surface area contributed by atoms with Crippen molar-refractivity contribution in [3.05, 3.63) is 29.8 Å². The Morgan fingerprint density at radius 2 is 2.00 bits per heavy atom. The van der Waals surface area contributed by atoms with Crippen LogP contribution in [0.3, 0.4) is 0 Å². The number of nitrogens with zero attached hydrogens (tertiary/aromatic N) is 1. The van der Waals surface area contributed by atoms with E-state index < -0.39 is 15.9 Å². The zero-order chi connectivity index (χ0) is 18.4. The lowest BCUT2D eigenvalue weighted by Crippen LogP contribution is -2.50. The smallest absolute Gasteiger partial charge is 0.244 e. The Morgan fingerprint density at radius 3 is 2.60 bits per heavy atom. The standard InChI is InChI=1S/C17H22N2O4S2/c1-11(12-4-6-13(7-5-12)25(3,22)23)18-16(21)14-10-24-17(2)9-8-15(20)19(14)17/h4-7,11,14H,8-10H2,1-3H3,(H,18,21)/t11-,14-,17+/m0/s1. The van der Waals surface area contributed by atoms with Crippen molar-refractivity contribution in [3.8, 4) is 0 Å². The van der Waals surface area contributed by atoms with Gasteiger partial charge in [0.05, 0.1) is 15.8 Å². The predicted octanol–water partition coefficient (Wildman–Crippen LogP) is 1.72. The lowest BCUT2D eigenvalue weighted by Gasteiger charge is -2.30. The summed E-state index contributed by atoms with van der Waals surface area (Å²) in [6, 6.07) is 5.78. The molecule has 2 saturated heterocycles. The molecule has 0 radical (unpaired) electrons. The van der Waals surface area contributed by atoms with Gasteiger partial charge in [-0.05, 0) is 38.0 Å². The Balaban J connectivity index is 1.70. The van der Waals surface area contributed by atoms with Gasteiger partial charge in [-0.15, -0.1) is 11.8 Å². The van der Waals surface area contributed by atoms with Crippen LogP contribution in [0.4, 0.5) is 0 Å². The molecule has 0 saturated carbocycles. The minimum absolute atomic E-state index is 0.0396. The molecule has 0 spiro atoms. The molecular weight excluding hydrogens is 360 g/mol. The molecule has 0 bridgehead atoms. The molecular formula is C17H22N2O4S2. The van der Waals surface area contributed by atoms with E-state index in [1.54, 1.807) is 40.9 Å². The van der Waals surface area contributed by atoms with Gasteiger partial charge in [-0.3, -0.25) is 9.59 Å². The topological polar surface area (TPSA) is 83.6 Å². The van der Waals surface area contributed by atoms with Crippen LogP contribution in [0.2, 0.25) is 0 Å². The van der Waals surface area contributed by atoms with Crippen molar-refractivity contribution in [2.45, 2.75) is 48.5 Å². The molecule has 2 aliphatic heterocycles. The van der Waals surface area contributed by atoms with Gasteiger partial charge >= 0.3 is 0 Å². The summed E-state index contributed by atoms with van der Waals surface area (Å²) in [6.07, 6.45) is 2.44. The molecule has 2 aliphatic rings. The first-order valence-electron chi connectivity index (χ1n) is 8.18. The second-order valence-corrected chi connectivity index (χ2v) is 10.4. The van der Waals surface area contributed by atoms with Gasteiger partial charge < -0.3 is 10.2 Å². The van der Waals surface area contributed by atoms with Gasteiger partial charge in [0.25, 0.3) is 0 Å². The highest BCUT2D eigenvalue weighted by Gasteiger charge is 2.52. The van der Waals surface area contributed by atoms with E-state index in [2.05, 4.69) is 5.32 Å². The number of amides is 2. The van der Waals surface area contributed by atoms with E-state index >= 15 is 0 Å². The number of hydrogen-bond donors (Lipinski definition) is 1. The van der Waals surface area contributed by atoms with Gasteiger partial charge in [-0.25, -0.2) is 8.42 Å². The molecule has 1 aromatic carbocycles. The highest BCUT2D eigenvalue weighted by atomic mass is 32.2. The molecule has 0 unspecified atom stereocenters. The van der Waals surface area contributed by atoms with Crippen molar-refractivity contribution in [2.24, 2.45) is 0 Å². The molecule has 3 rings (SSSR count). The fraction of sp³-hybridized carbons (Fsp3) is 0.529. The van der Waals surface area contributed by atoms with Crippen LogP contribution < -0.4 is 5.32 Å². The van der Waals surface area contributed by atoms with Crippen molar-refractivity contribution >= 4 is 33.4 Å². The molecule has 2 amide bonds. The van der Waals surface area contributed by atoms with Crippen LogP contribution in [0.5, 0.6) is 0 Å². The second kappa shape index (κ2) is 6.32. The summed E-state index contributed by atoms with van der Waals surface area (Å²) in [5.74, 6) is 0.484. The number of thioether (sulfide) groups is 1. The lowest BCUT2D eigenvalue weighted by molar-refractivity contribution is -0.138. The van der Waals surface area contributed by atoms with Gasteiger partial charge in [0.15, 0.2) is 9.84 Å². The van der Waals surface area contributed by atoms with Crippen LogP contribution in [0.25, 0.3) is 0 Å². The summed E-state index contributed by atoms with van der Waals surface area (Å²) in [7, 11) is -3.24. The van der Waals surface area contributed by atoms with Gasteiger partial charge in [-0.2, -0.15) is 0 Å². The summed E-state index contributed by atoms with van der Waals surface area (Å²) in [6.45, 7) is 3.86. The van der Waals surface area contributed by atoms with Crippen LogP contribution in [-0.2, 0) is 19.4 Å². The third-order valence-electron chi connectivity index (χ3n) is 4.91. The number of rotatable bonds is 4. The average Bonchev–Trinajstić information content (AvgIpc) is 3.03. The first-order valence-corrected chi connectivity index (χ1v) is 11.1. The quantitative estimate of drug-likeness (QED) is 0.857. The van der Waals surface area contributed by atoms with Crippen molar-refractivity contribution in [3.63, 3.8) is 0 Å². The molecule has 8 heteroatoms. The molecule has 25 heavy (non-hydrogen) atoms. The molecule has 136 valence electrons. The monoisotopic (exact) mass is 382 g/mol. The number of nitrogens with one attached hydrogen (secondary N) is 1. The van der Waals surface area contributed by atoms with E-state index in [-0.39, 0.29) is 27.6 Å². The molecule has 1 aromatic rings. The normalized spacial score (nSPS) is 27.2. The average molecular weight is 383 g/mol. The van der Waals surface area contributed by atoms with Crippen LogP contribution >= 0.6 is 11.8 Å².